The molecule has 0 radical (unpaired) electrons. The van der Waals surface area contributed by atoms with Crippen LogP contribution in [0, 0.1) is 11.8 Å². The van der Waals surface area contributed by atoms with Crippen LogP contribution < -0.4 is 5.32 Å². The van der Waals surface area contributed by atoms with E-state index < -0.39 is 5.60 Å². The summed E-state index contributed by atoms with van der Waals surface area (Å²) in [5, 5.41) is 3.06. The molecule has 1 saturated heterocycles. The van der Waals surface area contributed by atoms with E-state index in [4.69, 9.17) is 9.47 Å². The van der Waals surface area contributed by atoms with E-state index in [2.05, 4.69) is 5.32 Å². The highest BCUT2D eigenvalue weighted by Crippen LogP contribution is 2.35. The molecular weight excluding hydrogens is 344 g/mol. The molecule has 2 atom stereocenters. The molecule has 2 unspecified atom stereocenters. The van der Waals surface area contributed by atoms with Crippen molar-refractivity contribution in [1.82, 2.24) is 10.2 Å². The molecule has 1 aliphatic carbocycles. The van der Waals surface area contributed by atoms with Crippen LogP contribution in [0.3, 0.4) is 0 Å². The number of hydrogen-bond donors (Lipinski definition) is 1. The Kier molecular flexibility index (Phi) is 5.92. The lowest BCUT2D eigenvalue weighted by Crippen LogP contribution is -2.59. The third kappa shape index (κ3) is 5.37. The van der Waals surface area contributed by atoms with E-state index in [-0.39, 0.29) is 36.7 Å². The molecule has 1 heterocycles. The Labute approximate surface area is 161 Å². The SMILES string of the molecule is CC(C)(C)OC(=O)N1CC2CCCC(C1)C2NC(=O)OCc1ccccc1. The van der Waals surface area contributed by atoms with Gasteiger partial charge in [-0.25, -0.2) is 9.59 Å². The molecule has 1 aliphatic heterocycles. The molecular formula is C21H30N2O4. The van der Waals surface area contributed by atoms with Gasteiger partial charge in [0.2, 0.25) is 0 Å². The Hall–Kier alpha value is -2.24. The first-order valence-electron chi connectivity index (χ1n) is 9.77. The van der Waals surface area contributed by atoms with Gasteiger partial charge in [-0.2, -0.15) is 0 Å². The Morgan fingerprint density at radius 3 is 2.33 bits per heavy atom. The summed E-state index contributed by atoms with van der Waals surface area (Å²) < 4.78 is 10.9. The number of hydrogen-bond acceptors (Lipinski definition) is 4. The number of rotatable bonds is 3. The van der Waals surface area contributed by atoms with Crippen molar-refractivity contribution in [2.45, 2.75) is 58.3 Å². The first kappa shape index (κ1) is 19.5. The average Bonchev–Trinajstić information content (AvgIpc) is 2.59. The van der Waals surface area contributed by atoms with E-state index in [1.807, 2.05) is 51.1 Å². The first-order valence-corrected chi connectivity index (χ1v) is 9.77. The van der Waals surface area contributed by atoms with Gasteiger partial charge in [0.1, 0.15) is 12.2 Å². The normalized spacial score (nSPS) is 24.9. The van der Waals surface area contributed by atoms with Crippen LogP contribution in [0.2, 0.25) is 0 Å². The van der Waals surface area contributed by atoms with Crippen LogP contribution in [0.4, 0.5) is 9.59 Å². The van der Waals surface area contributed by atoms with Gasteiger partial charge in [0.25, 0.3) is 0 Å². The van der Waals surface area contributed by atoms with Crippen molar-refractivity contribution in [3.63, 3.8) is 0 Å². The summed E-state index contributed by atoms with van der Waals surface area (Å²) in [4.78, 5) is 26.5. The summed E-state index contributed by atoms with van der Waals surface area (Å²) in [5.74, 6) is 0.489. The van der Waals surface area contributed by atoms with Crippen LogP contribution in [0.15, 0.2) is 30.3 Å². The second-order valence-electron chi connectivity index (χ2n) is 8.57. The number of fused-ring (bicyclic) bond motifs is 2. The number of alkyl carbamates (subject to hydrolysis) is 1. The Morgan fingerprint density at radius 1 is 1.11 bits per heavy atom. The molecule has 6 heteroatoms. The fraction of sp³-hybridized carbons (Fsp3) is 0.619. The number of piperidine rings is 1. The molecule has 2 amide bonds. The van der Waals surface area contributed by atoms with Gasteiger partial charge in [-0.15, -0.1) is 0 Å². The number of carbonyl (C=O) groups is 2. The molecule has 3 rings (SSSR count). The van der Waals surface area contributed by atoms with Crippen molar-refractivity contribution >= 4 is 12.2 Å². The number of carbonyl (C=O) groups excluding carboxylic acids is 2. The highest BCUT2D eigenvalue weighted by atomic mass is 16.6. The topological polar surface area (TPSA) is 67.9 Å². The summed E-state index contributed by atoms with van der Waals surface area (Å²) in [5.41, 5.74) is 0.468. The van der Waals surface area contributed by atoms with E-state index in [1.165, 1.54) is 0 Å². The molecule has 0 spiro atoms. The third-order valence-corrected chi connectivity index (χ3v) is 5.22. The van der Waals surface area contributed by atoms with Gasteiger partial charge in [0, 0.05) is 19.1 Å². The van der Waals surface area contributed by atoms with Gasteiger partial charge < -0.3 is 19.7 Å². The van der Waals surface area contributed by atoms with Crippen LogP contribution in [0.25, 0.3) is 0 Å². The number of amides is 2. The number of likely N-dealkylation sites (tertiary alicyclic amines) is 1. The summed E-state index contributed by atoms with van der Waals surface area (Å²) in [6.45, 7) is 7.14. The van der Waals surface area contributed by atoms with Crippen LogP contribution in [0.1, 0.15) is 45.6 Å². The second-order valence-corrected chi connectivity index (χ2v) is 8.57. The van der Waals surface area contributed by atoms with E-state index in [9.17, 15) is 9.59 Å². The Morgan fingerprint density at radius 2 is 1.74 bits per heavy atom. The molecule has 6 nitrogen and oxygen atoms in total. The van der Waals surface area contributed by atoms with Gasteiger partial charge in [0.15, 0.2) is 0 Å². The largest absolute Gasteiger partial charge is 0.445 e. The van der Waals surface area contributed by atoms with Crippen molar-refractivity contribution in [1.29, 1.82) is 0 Å². The summed E-state index contributed by atoms with van der Waals surface area (Å²) in [7, 11) is 0. The molecule has 1 N–H and O–H groups in total. The number of nitrogens with zero attached hydrogens (tertiary/aromatic N) is 1. The molecule has 0 aromatic heterocycles. The lowest BCUT2D eigenvalue weighted by molar-refractivity contribution is -0.00621. The zero-order valence-corrected chi connectivity index (χ0v) is 16.4. The predicted octanol–water partition coefficient (Wildman–Crippen LogP) is 3.95. The molecule has 2 aliphatic rings. The van der Waals surface area contributed by atoms with Crippen molar-refractivity contribution in [2.75, 3.05) is 13.1 Å². The van der Waals surface area contributed by atoms with E-state index >= 15 is 0 Å². The summed E-state index contributed by atoms with van der Waals surface area (Å²) >= 11 is 0. The Bertz CT molecular complexity index is 642. The molecule has 1 saturated carbocycles. The van der Waals surface area contributed by atoms with Gasteiger partial charge in [-0.1, -0.05) is 36.8 Å². The summed E-state index contributed by atoms with van der Waals surface area (Å²) in [6, 6.07) is 9.70. The molecule has 1 aromatic carbocycles. The van der Waals surface area contributed by atoms with Gasteiger partial charge in [-0.3, -0.25) is 0 Å². The quantitative estimate of drug-likeness (QED) is 0.870. The smallest absolute Gasteiger partial charge is 0.410 e. The lowest BCUT2D eigenvalue weighted by Gasteiger charge is -2.47. The highest BCUT2D eigenvalue weighted by molar-refractivity contribution is 5.69. The lowest BCUT2D eigenvalue weighted by atomic mass is 9.73. The minimum atomic E-state index is -0.497. The fourth-order valence-corrected chi connectivity index (χ4v) is 4.05. The van der Waals surface area contributed by atoms with E-state index in [0.717, 1.165) is 24.8 Å². The zero-order chi connectivity index (χ0) is 19.4. The van der Waals surface area contributed by atoms with Crippen LogP contribution in [0.5, 0.6) is 0 Å². The van der Waals surface area contributed by atoms with Crippen LogP contribution in [-0.2, 0) is 16.1 Å². The van der Waals surface area contributed by atoms with Crippen LogP contribution >= 0.6 is 0 Å². The minimum Gasteiger partial charge on any atom is -0.445 e. The van der Waals surface area contributed by atoms with Gasteiger partial charge >= 0.3 is 12.2 Å². The highest BCUT2D eigenvalue weighted by Gasteiger charge is 2.42. The maximum Gasteiger partial charge on any atom is 0.410 e. The fourth-order valence-electron chi connectivity index (χ4n) is 4.05. The first-order chi connectivity index (χ1) is 12.8. The molecule has 2 bridgehead atoms. The standard InChI is InChI=1S/C21H30N2O4/c1-21(2,3)27-20(25)23-12-16-10-7-11-17(13-23)18(16)22-19(24)26-14-15-8-5-4-6-9-15/h4-6,8-9,16-18H,7,10-14H2,1-3H3,(H,22,24). The summed E-state index contributed by atoms with van der Waals surface area (Å²) in [6.07, 6.45) is 2.49. The zero-order valence-electron chi connectivity index (χ0n) is 16.4. The Balaban J connectivity index is 1.54. The maximum atomic E-state index is 12.4. The minimum absolute atomic E-state index is 0.0562. The second kappa shape index (κ2) is 8.19. The van der Waals surface area contributed by atoms with Crippen molar-refractivity contribution < 1.29 is 19.1 Å². The van der Waals surface area contributed by atoms with Crippen LogP contribution in [-0.4, -0.2) is 41.8 Å². The molecule has 2 fully saturated rings. The number of ether oxygens (including phenoxy) is 2. The monoisotopic (exact) mass is 374 g/mol. The predicted molar refractivity (Wildman–Crippen MR) is 102 cm³/mol. The number of benzene rings is 1. The molecule has 148 valence electrons. The number of nitrogens with one attached hydrogen (secondary N) is 1. The molecule has 27 heavy (non-hydrogen) atoms. The van der Waals surface area contributed by atoms with Gasteiger partial charge in [0.05, 0.1) is 0 Å². The molecule has 1 aromatic rings. The van der Waals surface area contributed by atoms with E-state index in [0.29, 0.717) is 13.1 Å². The van der Waals surface area contributed by atoms with Gasteiger partial charge in [-0.05, 0) is 51.0 Å². The van der Waals surface area contributed by atoms with Crippen molar-refractivity contribution in [3.05, 3.63) is 35.9 Å². The average molecular weight is 374 g/mol. The van der Waals surface area contributed by atoms with Crippen molar-refractivity contribution in [3.8, 4) is 0 Å². The van der Waals surface area contributed by atoms with E-state index in [1.54, 1.807) is 4.90 Å². The van der Waals surface area contributed by atoms with Crippen molar-refractivity contribution in [2.24, 2.45) is 11.8 Å². The maximum absolute atomic E-state index is 12.4. The third-order valence-electron chi connectivity index (χ3n) is 5.22.